The largest absolute Gasteiger partial charge is 0.384 e. The summed E-state index contributed by atoms with van der Waals surface area (Å²) in [6.07, 6.45) is -0.200. The number of nitriles is 1. The van der Waals surface area contributed by atoms with E-state index in [9.17, 15) is 5.11 Å². The molecular formula is C15H13NO. The molecule has 2 heteroatoms. The van der Waals surface area contributed by atoms with Crippen molar-refractivity contribution < 1.29 is 5.11 Å². The van der Waals surface area contributed by atoms with Crippen LogP contribution in [0.1, 0.15) is 22.8 Å². The zero-order valence-corrected chi connectivity index (χ0v) is 9.38. The van der Waals surface area contributed by atoms with Gasteiger partial charge in [0.2, 0.25) is 0 Å². The number of aliphatic hydroxyl groups excluding tert-OH is 1. The maximum absolute atomic E-state index is 10.1. The molecule has 2 nitrogen and oxygen atoms in total. The summed E-state index contributed by atoms with van der Waals surface area (Å²) in [5, 5.41) is 18.7. The van der Waals surface area contributed by atoms with Gasteiger partial charge in [-0.15, -0.1) is 0 Å². The topological polar surface area (TPSA) is 44.0 Å². The Kier molecular flexibility index (Phi) is 3.54. The van der Waals surface area contributed by atoms with Gasteiger partial charge in [0, 0.05) is 0 Å². The molecule has 2 aromatic carbocycles. The molecule has 0 aliphatic carbocycles. The Morgan fingerprint density at radius 2 is 1.53 bits per heavy atom. The lowest BCUT2D eigenvalue weighted by Gasteiger charge is -2.11. The highest BCUT2D eigenvalue weighted by molar-refractivity contribution is 5.32. The minimum absolute atomic E-state index is 0.404. The maximum atomic E-state index is 10.1. The average Bonchev–Trinajstić information content (AvgIpc) is 2.40. The van der Waals surface area contributed by atoms with Crippen molar-refractivity contribution in [1.82, 2.24) is 0 Å². The van der Waals surface area contributed by atoms with Crippen molar-refractivity contribution in [3.8, 4) is 6.07 Å². The van der Waals surface area contributed by atoms with E-state index in [0.29, 0.717) is 6.42 Å². The fourth-order valence-electron chi connectivity index (χ4n) is 1.74. The summed E-state index contributed by atoms with van der Waals surface area (Å²) >= 11 is 0. The van der Waals surface area contributed by atoms with Crippen LogP contribution in [0.25, 0.3) is 0 Å². The fraction of sp³-hybridized carbons (Fsp3) is 0.133. The standard InChI is InChI=1S/C15H13NO/c16-11-10-12-6-8-14(9-7-12)15(17)13-4-2-1-3-5-13/h1-9,15,17H,10H2. The van der Waals surface area contributed by atoms with Gasteiger partial charge < -0.3 is 5.11 Å². The summed E-state index contributed by atoms with van der Waals surface area (Å²) in [4.78, 5) is 0. The van der Waals surface area contributed by atoms with E-state index in [1.165, 1.54) is 0 Å². The van der Waals surface area contributed by atoms with Crippen LogP contribution in [-0.4, -0.2) is 5.11 Å². The second-order valence-electron chi connectivity index (χ2n) is 3.89. The van der Waals surface area contributed by atoms with Gasteiger partial charge in [0.05, 0.1) is 12.5 Å². The molecule has 2 rings (SSSR count). The third kappa shape index (κ3) is 2.72. The number of benzene rings is 2. The van der Waals surface area contributed by atoms with Gasteiger partial charge in [-0.1, -0.05) is 54.6 Å². The van der Waals surface area contributed by atoms with Crippen LogP contribution in [0.4, 0.5) is 0 Å². The predicted molar refractivity (Wildman–Crippen MR) is 66.3 cm³/mol. The van der Waals surface area contributed by atoms with Gasteiger partial charge in [-0.3, -0.25) is 0 Å². The Bertz CT molecular complexity index is 511. The highest BCUT2D eigenvalue weighted by atomic mass is 16.3. The van der Waals surface area contributed by atoms with Gasteiger partial charge in [0.15, 0.2) is 0 Å². The van der Waals surface area contributed by atoms with Crippen LogP contribution >= 0.6 is 0 Å². The van der Waals surface area contributed by atoms with Gasteiger partial charge in [-0.2, -0.15) is 5.26 Å². The van der Waals surface area contributed by atoms with Crippen LogP contribution < -0.4 is 0 Å². The minimum Gasteiger partial charge on any atom is -0.384 e. The van der Waals surface area contributed by atoms with Crippen molar-refractivity contribution in [3.63, 3.8) is 0 Å². The van der Waals surface area contributed by atoms with Gasteiger partial charge >= 0.3 is 0 Å². The summed E-state index contributed by atoms with van der Waals surface area (Å²) in [7, 11) is 0. The molecule has 0 bridgehead atoms. The molecule has 0 aliphatic heterocycles. The van der Waals surface area contributed by atoms with Crippen molar-refractivity contribution in [2.24, 2.45) is 0 Å². The SMILES string of the molecule is N#CCc1ccc(C(O)c2ccccc2)cc1. The van der Waals surface area contributed by atoms with E-state index in [1.54, 1.807) is 0 Å². The third-order valence-electron chi connectivity index (χ3n) is 2.69. The molecule has 1 atom stereocenters. The molecule has 17 heavy (non-hydrogen) atoms. The van der Waals surface area contributed by atoms with E-state index >= 15 is 0 Å². The van der Waals surface area contributed by atoms with Crippen LogP contribution in [0, 0.1) is 11.3 Å². The summed E-state index contributed by atoms with van der Waals surface area (Å²) in [6, 6.07) is 19.1. The van der Waals surface area contributed by atoms with Crippen molar-refractivity contribution in [3.05, 3.63) is 71.3 Å². The first-order valence-electron chi connectivity index (χ1n) is 5.50. The van der Waals surface area contributed by atoms with Crippen LogP contribution in [0.2, 0.25) is 0 Å². The number of hydrogen-bond donors (Lipinski definition) is 1. The molecule has 2 aromatic rings. The van der Waals surface area contributed by atoms with Gasteiger partial charge in [-0.05, 0) is 16.7 Å². The fourth-order valence-corrected chi connectivity index (χ4v) is 1.74. The molecule has 0 amide bonds. The van der Waals surface area contributed by atoms with E-state index in [-0.39, 0.29) is 0 Å². The zero-order valence-electron chi connectivity index (χ0n) is 9.38. The number of hydrogen-bond acceptors (Lipinski definition) is 2. The summed E-state index contributed by atoms with van der Waals surface area (Å²) in [5.41, 5.74) is 2.69. The molecule has 0 aromatic heterocycles. The lowest BCUT2D eigenvalue weighted by molar-refractivity contribution is 0.220. The van der Waals surface area contributed by atoms with E-state index in [4.69, 9.17) is 5.26 Å². The smallest absolute Gasteiger partial charge is 0.104 e. The van der Waals surface area contributed by atoms with E-state index < -0.39 is 6.10 Å². The molecule has 0 fully saturated rings. The second kappa shape index (κ2) is 5.29. The summed E-state index contributed by atoms with van der Waals surface area (Å²) in [6.45, 7) is 0. The molecular weight excluding hydrogens is 210 g/mol. The summed E-state index contributed by atoms with van der Waals surface area (Å²) in [5.74, 6) is 0. The molecule has 0 saturated carbocycles. The minimum atomic E-state index is -0.604. The highest BCUT2D eigenvalue weighted by Gasteiger charge is 2.09. The van der Waals surface area contributed by atoms with Crippen LogP contribution in [0.5, 0.6) is 0 Å². The highest BCUT2D eigenvalue weighted by Crippen LogP contribution is 2.21. The van der Waals surface area contributed by atoms with Crippen LogP contribution in [0.3, 0.4) is 0 Å². The van der Waals surface area contributed by atoms with Crippen molar-refractivity contribution >= 4 is 0 Å². The average molecular weight is 223 g/mol. The first-order valence-corrected chi connectivity index (χ1v) is 5.50. The second-order valence-corrected chi connectivity index (χ2v) is 3.89. The van der Waals surface area contributed by atoms with Gasteiger partial charge in [-0.25, -0.2) is 0 Å². The van der Waals surface area contributed by atoms with Crippen LogP contribution in [-0.2, 0) is 6.42 Å². The quantitative estimate of drug-likeness (QED) is 0.869. The molecule has 0 aliphatic rings. The number of rotatable bonds is 3. The molecule has 0 heterocycles. The van der Waals surface area contributed by atoms with Crippen LogP contribution in [0.15, 0.2) is 54.6 Å². The van der Waals surface area contributed by atoms with E-state index in [1.807, 2.05) is 54.6 Å². The third-order valence-corrected chi connectivity index (χ3v) is 2.69. The molecule has 0 saturated heterocycles. The lowest BCUT2D eigenvalue weighted by Crippen LogP contribution is -1.99. The van der Waals surface area contributed by atoms with Crippen molar-refractivity contribution in [2.75, 3.05) is 0 Å². The van der Waals surface area contributed by atoms with Gasteiger partial charge in [0.25, 0.3) is 0 Å². The van der Waals surface area contributed by atoms with Crippen molar-refractivity contribution in [2.45, 2.75) is 12.5 Å². The number of nitrogens with zero attached hydrogens (tertiary/aromatic N) is 1. The Balaban J connectivity index is 2.21. The Morgan fingerprint density at radius 1 is 0.941 bits per heavy atom. The van der Waals surface area contributed by atoms with Gasteiger partial charge in [0.1, 0.15) is 6.10 Å². The molecule has 0 radical (unpaired) electrons. The zero-order chi connectivity index (χ0) is 12.1. The lowest BCUT2D eigenvalue weighted by atomic mass is 10.00. The molecule has 1 unspecified atom stereocenters. The Morgan fingerprint density at radius 3 is 2.12 bits per heavy atom. The van der Waals surface area contributed by atoms with Crippen molar-refractivity contribution in [1.29, 1.82) is 5.26 Å². The maximum Gasteiger partial charge on any atom is 0.104 e. The van der Waals surface area contributed by atoms with E-state index in [2.05, 4.69) is 6.07 Å². The molecule has 1 N–H and O–H groups in total. The monoisotopic (exact) mass is 223 g/mol. The Labute approximate surface area is 101 Å². The van der Waals surface area contributed by atoms with E-state index in [0.717, 1.165) is 16.7 Å². The predicted octanol–water partition coefficient (Wildman–Crippen LogP) is 2.83. The number of aliphatic hydroxyl groups is 1. The Hall–Kier alpha value is -2.11. The molecule has 0 spiro atoms. The normalized spacial score (nSPS) is 11.8. The molecule has 84 valence electrons. The summed E-state index contributed by atoms with van der Waals surface area (Å²) < 4.78 is 0. The first kappa shape index (κ1) is 11.4. The first-order chi connectivity index (χ1) is 8.31.